The summed E-state index contributed by atoms with van der Waals surface area (Å²) in [6.07, 6.45) is 0.647. The fraction of sp³-hybridized carbons (Fsp3) is 0.278. The van der Waals surface area contributed by atoms with Crippen LogP contribution < -0.4 is 14.8 Å². The fourth-order valence-corrected chi connectivity index (χ4v) is 3.48. The van der Waals surface area contributed by atoms with E-state index in [4.69, 9.17) is 0 Å². The monoisotopic (exact) mass is 398 g/mol. The fourth-order valence-electron chi connectivity index (χ4n) is 2.15. The van der Waals surface area contributed by atoms with Gasteiger partial charge in [-0.05, 0) is 49.7 Å². The Balaban J connectivity index is 2.10. The van der Waals surface area contributed by atoms with E-state index in [9.17, 15) is 22.0 Å². The number of sulfonamides is 1. The Hall–Kier alpha value is -2.52. The van der Waals surface area contributed by atoms with Crippen LogP contribution in [0.25, 0.3) is 0 Å². The Bertz CT molecular complexity index is 886. The molecule has 0 aliphatic carbocycles. The van der Waals surface area contributed by atoms with Gasteiger partial charge in [0.1, 0.15) is 5.75 Å². The molecule has 0 aliphatic rings. The normalized spacial score (nSPS) is 12.6. The minimum Gasteiger partial charge on any atom is -0.435 e. The van der Waals surface area contributed by atoms with Crippen LogP contribution in [-0.2, 0) is 10.0 Å². The molecule has 0 radical (unpaired) electrons. The van der Waals surface area contributed by atoms with Crippen LogP contribution in [0.15, 0.2) is 53.4 Å². The summed E-state index contributed by atoms with van der Waals surface area (Å²) in [4.78, 5) is 12.3. The van der Waals surface area contributed by atoms with Crippen molar-refractivity contribution in [2.75, 3.05) is 5.32 Å². The van der Waals surface area contributed by atoms with Gasteiger partial charge in [-0.1, -0.05) is 13.0 Å². The number of amides is 1. The van der Waals surface area contributed by atoms with Crippen LogP contribution in [0.1, 0.15) is 30.6 Å². The number of alkyl halides is 2. The first-order valence-corrected chi connectivity index (χ1v) is 9.68. The van der Waals surface area contributed by atoms with Crippen LogP contribution in [-0.4, -0.2) is 27.0 Å². The second-order valence-corrected chi connectivity index (χ2v) is 7.53. The lowest BCUT2D eigenvalue weighted by atomic mass is 10.2. The number of benzene rings is 2. The zero-order valence-corrected chi connectivity index (χ0v) is 15.6. The number of nitrogens with one attached hydrogen (secondary N) is 2. The maximum absolute atomic E-state index is 12.3. The summed E-state index contributed by atoms with van der Waals surface area (Å²) < 4.78 is 55.7. The van der Waals surface area contributed by atoms with Crippen molar-refractivity contribution in [2.24, 2.45) is 0 Å². The zero-order chi connectivity index (χ0) is 20.0. The van der Waals surface area contributed by atoms with Crippen LogP contribution >= 0.6 is 0 Å². The van der Waals surface area contributed by atoms with E-state index in [-0.39, 0.29) is 27.9 Å². The molecule has 146 valence electrons. The van der Waals surface area contributed by atoms with Crippen LogP contribution in [0, 0.1) is 0 Å². The number of carbonyl (C=O) groups excluding carboxylic acids is 1. The van der Waals surface area contributed by atoms with Gasteiger partial charge < -0.3 is 10.1 Å². The lowest BCUT2D eigenvalue weighted by molar-refractivity contribution is -0.0498. The molecule has 9 heteroatoms. The second-order valence-electron chi connectivity index (χ2n) is 5.82. The van der Waals surface area contributed by atoms with Crippen molar-refractivity contribution >= 4 is 21.6 Å². The minimum atomic E-state index is -3.66. The molecule has 0 fully saturated rings. The third-order valence-electron chi connectivity index (χ3n) is 3.71. The Kier molecular flexibility index (Phi) is 6.86. The third-order valence-corrected chi connectivity index (χ3v) is 5.32. The number of carbonyl (C=O) groups is 1. The summed E-state index contributed by atoms with van der Waals surface area (Å²) in [5.41, 5.74) is 0.492. The number of hydrogen-bond acceptors (Lipinski definition) is 4. The Morgan fingerprint density at radius 3 is 2.41 bits per heavy atom. The molecule has 0 aliphatic heterocycles. The summed E-state index contributed by atoms with van der Waals surface area (Å²) in [7, 11) is -3.66. The molecular formula is C18H20F2N2O4S. The smallest absolute Gasteiger partial charge is 0.387 e. The Morgan fingerprint density at radius 1 is 1.15 bits per heavy atom. The second kappa shape index (κ2) is 8.92. The van der Waals surface area contributed by atoms with Crippen LogP contribution in [0.3, 0.4) is 0 Å². The highest BCUT2D eigenvalue weighted by molar-refractivity contribution is 7.89. The van der Waals surface area contributed by atoms with Gasteiger partial charge in [0.2, 0.25) is 10.0 Å². The summed E-state index contributed by atoms with van der Waals surface area (Å²) in [5, 5.41) is 2.54. The third kappa shape index (κ3) is 6.00. The van der Waals surface area contributed by atoms with Gasteiger partial charge in [-0.3, -0.25) is 4.79 Å². The lowest BCUT2D eigenvalue weighted by Gasteiger charge is -2.12. The molecule has 27 heavy (non-hydrogen) atoms. The zero-order valence-electron chi connectivity index (χ0n) is 14.8. The van der Waals surface area contributed by atoms with Crippen LogP contribution in [0.5, 0.6) is 5.75 Å². The minimum absolute atomic E-state index is 0.0479. The van der Waals surface area contributed by atoms with Crippen molar-refractivity contribution < 1.29 is 26.7 Å². The molecule has 0 saturated heterocycles. The molecule has 0 bridgehead atoms. The number of halogens is 2. The molecular weight excluding hydrogens is 378 g/mol. The summed E-state index contributed by atoms with van der Waals surface area (Å²) >= 11 is 0. The summed E-state index contributed by atoms with van der Waals surface area (Å²) in [6.45, 7) is 0.655. The molecule has 1 unspecified atom stereocenters. The van der Waals surface area contributed by atoms with E-state index < -0.39 is 22.5 Å². The number of anilines is 1. The molecule has 2 N–H and O–H groups in total. The molecule has 1 atom stereocenters. The number of hydrogen-bond donors (Lipinski definition) is 2. The molecule has 6 nitrogen and oxygen atoms in total. The van der Waals surface area contributed by atoms with E-state index in [0.29, 0.717) is 6.42 Å². The summed E-state index contributed by atoms with van der Waals surface area (Å²) in [6, 6.07) is 10.8. The average molecular weight is 398 g/mol. The predicted molar refractivity (Wildman–Crippen MR) is 97.5 cm³/mol. The highest BCUT2D eigenvalue weighted by atomic mass is 32.2. The van der Waals surface area contributed by atoms with Gasteiger partial charge in [-0.15, -0.1) is 0 Å². The first-order valence-electron chi connectivity index (χ1n) is 8.20. The van der Waals surface area contributed by atoms with Crippen molar-refractivity contribution in [3.8, 4) is 5.75 Å². The summed E-state index contributed by atoms with van der Waals surface area (Å²) in [5.74, 6) is -0.594. The van der Waals surface area contributed by atoms with Gasteiger partial charge in [0, 0.05) is 23.4 Å². The van der Waals surface area contributed by atoms with Crippen molar-refractivity contribution in [2.45, 2.75) is 37.8 Å². The highest BCUT2D eigenvalue weighted by Gasteiger charge is 2.17. The van der Waals surface area contributed by atoms with Crippen molar-refractivity contribution in [1.29, 1.82) is 0 Å². The molecule has 2 rings (SSSR count). The van der Waals surface area contributed by atoms with Gasteiger partial charge >= 0.3 is 6.61 Å². The molecule has 2 aromatic rings. The SMILES string of the molecule is CCC(C)NS(=O)(=O)c1ccc(C(=O)Nc2cccc(OC(F)F)c2)cc1. The van der Waals surface area contributed by atoms with Crippen molar-refractivity contribution in [3.05, 3.63) is 54.1 Å². The van der Waals surface area contributed by atoms with Crippen molar-refractivity contribution in [3.63, 3.8) is 0 Å². The number of ether oxygens (including phenoxy) is 1. The molecule has 0 aromatic heterocycles. The van der Waals surface area contributed by atoms with E-state index in [1.807, 2.05) is 6.92 Å². The van der Waals surface area contributed by atoms with E-state index >= 15 is 0 Å². The van der Waals surface area contributed by atoms with Gasteiger partial charge in [-0.2, -0.15) is 8.78 Å². The van der Waals surface area contributed by atoms with Crippen molar-refractivity contribution in [1.82, 2.24) is 4.72 Å². The van der Waals surface area contributed by atoms with Gasteiger partial charge in [0.05, 0.1) is 4.90 Å². The molecule has 0 spiro atoms. The van der Waals surface area contributed by atoms with E-state index in [1.54, 1.807) is 6.92 Å². The maximum atomic E-state index is 12.3. The van der Waals surface area contributed by atoms with Crippen LogP contribution in [0.4, 0.5) is 14.5 Å². The molecule has 0 heterocycles. The first kappa shape index (κ1) is 20.8. The van der Waals surface area contributed by atoms with Crippen LogP contribution in [0.2, 0.25) is 0 Å². The predicted octanol–water partition coefficient (Wildman–Crippen LogP) is 3.62. The Labute approximate surface area is 156 Å². The van der Waals surface area contributed by atoms with Gasteiger partial charge in [0.25, 0.3) is 5.91 Å². The average Bonchev–Trinajstić information content (AvgIpc) is 2.61. The largest absolute Gasteiger partial charge is 0.435 e. The molecule has 2 aromatic carbocycles. The Morgan fingerprint density at radius 2 is 1.81 bits per heavy atom. The molecule has 0 saturated carbocycles. The van der Waals surface area contributed by atoms with Gasteiger partial charge in [0.15, 0.2) is 0 Å². The quantitative estimate of drug-likeness (QED) is 0.711. The van der Waals surface area contributed by atoms with E-state index in [2.05, 4.69) is 14.8 Å². The van der Waals surface area contributed by atoms with E-state index in [0.717, 1.165) is 0 Å². The number of rotatable bonds is 8. The topological polar surface area (TPSA) is 84.5 Å². The highest BCUT2D eigenvalue weighted by Crippen LogP contribution is 2.20. The van der Waals surface area contributed by atoms with E-state index in [1.165, 1.54) is 48.5 Å². The molecule has 1 amide bonds. The van der Waals surface area contributed by atoms with Gasteiger partial charge in [-0.25, -0.2) is 13.1 Å². The lowest BCUT2D eigenvalue weighted by Crippen LogP contribution is -2.32. The first-order chi connectivity index (χ1) is 12.7. The maximum Gasteiger partial charge on any atom is 0.387 e. The standard InChI is InChI=1S/C18H20F2N2O4S/c1-3-12(2)22-27(24,25)16-9-7-13(8-10-16)17(23)21-14-5-4-6-15(11-14)26-18(19)20/h4-12,18,22H,3H2,1-2H3,(H,21,23).